The first kappa shape index (κ1) is 24.2. The second kappa shape index (κ2) is 15.1. The summed E-state index contributed by atoms with van der Waals surface area (Å²) in [4.78, 5) is 24.1. The van der Waals surface area contributed by atoms with E-state index in [0.29, 0.717) is 30.3 Å². The van der Waals surface area contributed by atoms with E-state index in [-0.39, 0.29) is 11.9 Å². The Hall–Kier alpha value is -1.84. The van der Waals surface area contributed by atoms with E-state index in [1.807, 2.05) is 0 Å². The summed E-state index contributed by atoms with van der Waals surface area (Å²) >= 11 is 0. The fourth-order valence-corrected chi connectivity index (χ4v) is 2.97. The van der Waals surface area contributed by atoms with Crippen LogP contribution < -0.4 is 0 Å². The highest BCUT2D eigenvalue weighted by Crippen LogP contribution is 2.11. The Kier molecular flexibility index (Phi) is 13.1. The van der Waals surface area contributed by atoms with Gasteiger partial charge < -0.3 is 9.47 Å². The molecule has 1 rings (SSSR count). The van der Waals surface area contributed by atoms with E-state index in [2.05, 4.69) is 20.8 Å². The first-order valence-electron chi connectivity index (χ1n) is 11.0. The number of hydrogen-bond donors (Lipinski definition) is 0. The standard InChI is InChI=1S/C24H38O4/c1-4-5-6-7-8-9-10-11-18-27-23(25)21-14-16-22(17-15-21)24(26)28-19-12-13-20(2)3/h14-17,20H,4-13,18-19H2,1-3H3. The molecular weight excluding hydrogens is 352 g/mol. The molecular formula is C24H38O4. The van der Waals surface area contributed by atoms with Crippen molar-refractivity contribution in [3.63, 3.8) is 0 Å². The van der Waals surface area contributed by atoms with Crippen LogP contribution in [0.5, 0.6) is 0 Å². The molecule has 0 saturated heterocycles. The quantitative estimate of drug-likeness (QED) is 0.251. The summed E-state index contributed by atoms with van der Waals surface area (Å²) in [6.45, 7) is 7.40. The van der Waals surface area contributed by atoms with Crippen molar-refractivity contribution in [2.24, 2.45) is 5.92 Å². The number of carbonyl (C=O) groups is 2. The minimum atomic E-state index is -0.345. The van der Waals surface area contributed by atoms with Crippen molar-refractivity contribution in [1.29, 1.82) is 0 Å². The summed E-state index contributed by atoms with van der Waals surface area (Å²) in [5.74, 6) is -0.0720. The van der Waals surface area contributed by atoms with Crippen LogP contribution in [0.15, 0.2) is 24.3 Å². The van der Waals surface area contributed by atoms with Gasteiger partial charge in [0.05, 0.1) is 24.3 Å². The topological polar surface area (TPSA) is 52.6 Å². The average molecular weight is 391 g/mol. The molecule has 0 aliphatic heterocycles. The predicted octanol–water partition coefficient (Wildman–Crippen LogP) is 6.58. The maximum absolute atomic E-state index is 12.1. The Morgan fingerprint density at radius 1 is 0.714 bits per heavy atom. The van der Waals surface area contributed by atoms with Gasteiger partial charge in [-0.2, -0.15) is 0 Å². The zero-order valence-corrected chi connectivity index (χ0v) is 18.0. The maximum atomic E-state index is 12.1. The van der Waals surface area contributed by atoms with E-state index in [0.717, 1.165) is 25.7 Å². The monoisotopic (exact) mass is 390 g/mol. The Bertz CT molecular complexity index is 548. The third-order valence-electron chi connectivity index (χ3n) is 4.75. The van der Waals surface area contributed by atoms with Crippen molar-refractivity contribution in [1.82, 2.24) is 0 Å². The number of rotatable bonds is 15. The third-order valence-corrected chi connectivity index (χ3v) is 4.75. The van der Waals surface area contributed by atoms with Crippen LogP contribution in [-0.2, 0) is 9.47 Å². The van der Waals surface area contributed by atoms with Gasteiger partial charge in [0.25, 0.3) is 0 Å². The Labute approximate surface area is 171 Å². The van der Waals surface area contributed by atoms with Crippen LogP contribution in [0.25, 0.3) is 0 Å². The summed E-state index contributed by atoms with van der Waals surface area (Å²) < 4.78 is 10.6. The number of unbranched alkanes of at least 4 members (excludes halogenated alkanes) is 7. The molecule has 0 aromatic heterocycles. The summed E-state index contributed by atoms with van der Waals surface area (Å²) in [5, 5.41) is 0. The minimum absolute atomic E-state index is 0.334. The van der Waals surface area contributed by atoms with Crippen LogP contribution in [-0.4, -0.2) is 25.2 Å². The van der Waals surface area contributed by atoms with Gasteiger partial charge in [0.15, 0.2) is 0 Å². The molecule has 0 aliphatic rings. The molecule has 0 aliphatic carbocycles. The fourth-order valence-electron chi connectivity index (χ4n) is 2.97. The molecule has 4 nitrogen and oxygen atoms in total. The van der Waals surface area contributed by atoms with Gasteiger partial charge in [-0.3, -0.25) is 0 Å². The van der Waals surface area contributed by atoms with Crippen LogP contribution in [0.2, 0.25) is 0 Å². The zero-order valence-electron chi connectivity index (χ0n) is 18.0. The van der Waals surface area contributed by atoms with Gasteiger partial charge in [-0.05, 0) is 49.4 Å². The summed E-state index contributed by atoms with van der Waals surface area (Å²) in [5.41, 5.74) is 0.931. The number of esters is 2. The van der Waals surface area contributed by atoms with Gasteiger partial charge in [-0.15, -0.1) is 0 Å². The lowest BCUT2D eigenvalue weighted by molar-refractivity contribution is 0.0481. The second-order valence-corrected chi connectivity index (χ2v) is 7.86. The van der Waals surface area contributed by atoms with E-state index >= 15 is 0 Å². The van der Waals surface area contributed by atoms with Gasteiger partial charge in [0.2, 0.25) is 0 Å². The van der Waals surface area contributed by atoms with E-state index in [9.17, 15) is 9.59 Å². The molecule has 0 saturated carbocycles. The SMILES string of the molecule is CCCCCCCCCCOC(=O)c1ccc(C(=O)OCCCC(C)C)cc1. The normalized spacial score (nSPS) is 10.9. The smallest absolute Gasteiger partial charge is 0.338 e. The van der Waals surface area contributed by atoms with Crippen molar-refractivity contribution in [2.45, 2.75) is 85.0 Å². The largest absolute Gasteiger partial charge is 0.462 e. The summed E-state index contributed by atoms with van der Waals surface area (Å²) in [6.07, 6.45) is 11.6. The van der Waals surface area contributed by atoms with E-state index in [4.69, 9.17) is 9.47 Å². The molecule has 0 bridgehead atoms. The van der Waals surface area contributed by atoms with Gasteiger partial charge in [-0.25, -0.2) is 9.59 Å². The lowest BCUT2D eigenvalue weighted by Gasteiger charge is -2.08. The molecule has 0 fully saturated rings. The molecule has 1 aromatic rings. The highest BCUT2D eigenvalue weighted by molar-refractivity contribution is 5.93. The third kappa shape index (κ3) is 11.1. The highest BCUT2D eigenvalue weighted by Gasteiger charge is 2.11. The van der Waals surface area contributed by atoms with Crippen LogP contribution in [0.3, 0.4) is 0 Å². The first-order valence-corrected chi connectivity index (χ1v) is 11.0. The first-order chi connectivity index (χ1) is 13.5. The molecule has 0 unspecified atom stereocenters. The average Bonchev–Trinajstić information content (AvgIpc) is 2.69. The molecule has 0 amide bonds. The van der Waals surface area contributed by atoms with Gasteiger partial charge in [0, 0.05) is 0 Å². The maximum Gasteiger partial charge on any atom is 0.338 e. The molecule has 0 N–H and O–H groups in total. The van der Waals surface area contributed by atoms with Gasteiger partial charge >= 0.3 is 11.9 Å². The molecule has 0 heterocycles. The Morgan fingerprint density at radius 3 is 1.61 bits per heavy atom. The lowest BCUT2D eigenvalue weighted by Crippen LogP contribution is -2.09. The van der Waals surface area contributed by atoms with Crippen molar-refractivity contribution in [3.05, 3.63) is 35.4 Å². The second-order valence-electron chi connectivity index (χ2n) is 7.86. The highest BCUT2D eigenvalue weighted by atomic mass is 16.5. The number of ether oxygens (including phenoxy) is 2. The number of benzene rings is 1. The van der Waals surface area contributed by atoms with Crippen LogP contribution in [0, 0.1) is 5.92 Å². The molecule has 0 spiro atoms. The lowest BCUT2D eigenvalue weighted by atomic mass is 10.1. The van der Waals surface area contributed by atoms with Crippen molar-refractivity contribution in [2.75, 3.05) is 13.2 Å². The van der Waals surface area contributed by atoms with E-state index in [1.54, 1.807) is 24.3 Å². The van der Waals surface area contributed by atoms with E-state index in [1.165, 1.54) is 38.5 Å². The van der Waals surface area contributed by atoms with Crippen molar-refractivity contribution in [3.8, 4) is 0 Å². The zero-order chi connectivity index (χ0) is 20.6. The Morgan fingerprint density at radius 2 is 1.14 bits per heavy atom. The van der Waals surface area contributed by atoms with E-state index < -0.39 is 0 Å². The Balaban J connectivity index is 2.20. The molecule has 0 radical (unpaired) electrons. The molecule has 28 heavy (non-hydrogen) atoms. The van der Waals surface area contributed by atoms with Crippen LogP contribution in [0.4, 0.5) is 0 Å². The van der Waals surface area contributed by atoms with Crippen molar-refractivity contribution >= 4 is 11.9 Å². The number of hydrogen-bond acceptors (Lipinski definition) is 4. The van der Waals surface area contributed by atoms with Gasteiger partial charge in [0.1, 0.15) is 0 Å². The van der Waals surface area contributed by atoms with Crippen LogP contribution >= 0.6 is 0 Å². The molecule has 1 aromatic carbocycles. The van der Waals surface area contributed by atoms with Crippen LogP contribution in [0.1, 0.15) is 106 Å². The predicted molar refractivity (Wildman–Crippen MR) is 114 cm³/mol. The summed E-state index contributed by atoms with van der Waals surface area (Å²) in [6, 6.07) is 6.50. The molecule has 0 atom stereocenters. The fraction of sp³-hybridized carbons (Fsp3) is 0.667. The van der Waals surface area contributed by atoms with Crippen molar-refractivity contribution < 1.29 is 19.1 Å². The number of carbonyl (C=O) groups excluding carboxylic acids is 2. The minimum Gasteiger partial charge on any atom is -0.462 e. The summed E-state index contributed by atoms with van der Waals surface area (Å²) in [7, 11) is 0. The van der Waals surface area contributed by atoms with Gasteiger partial charge in [-0.1, -0.05) is 65.7 Å². The molecule has 158 valence electrons. The molecule has 4 heteroatoms.